The number of hydroxylamine groups is 1. The highest BCUT2D eigenvalue weighted by atomic mass is 16.6. The maximum absolute atomic E-state index is 11.9. The van der Waals surface area contributed by atoms with Gasteiger partial charge < -0.3 is 5.32 Å². The minimum Gasteiger partial charge on any atom is -0.338 e. The monoisotopic (exact) mass is 379 g/mol. The number of hydrogen-bond donors (Lipinski definition) is 3. The van der Waals surface area contributed by atoms with Crippen LogP contribution in [0.1, 0.15) is 25.5 Å². The molecule has 1 aliphatic rings. The molecule has 9 heteroatoms. The molecule has 0 unspecified atom stereocenters. The molecule has 0 aromatic carbocycles. The van der Waals surface area contributed by atoms with E-state index in [1.807, 2.05) is 31.2 Å². The Balaban J connectivity index is 1.85. The van der Waals surface area contributed by atoms with Gasteiger partial charge in [-0.1, -0.05) is 6.07 Å². The van der Waals surface area contributed by atoms with E-state index in [4.69, 9.17) is 4.84 Å². The van der Waals surface area contributed by atoms with Crippen molar-refractivity contribution in [2.75, 3.05) is 19.0 Å². The summed E-state index contributed by atoms with van der Waals surface area (Å²) in [5.74, 6) is 0.230. The van der Waals surface area contributed by atoms with Crippen molar-refractivity contribution >= 4 is 23.3 Å². The van der Waals surface area contributed by atoms with Crippen molar-refractivity contribution in [3.8, 4) is 11.1 Å². The maximum atomic E-state index is 11.9. The largest absolute Gasteiger partial charge is 0.338 e. The van der Waals surface area contributed by atoms with Gasteiger partial charge in [0.25, 0.3) is 5.95 Å². The van der Waals surface area contributed by atoms with Gasteiger partial charge in [-0.25, -0.2) is 9.31 Å². The lowest BCUT2D eigenvalue weighted by atomic mass is 10.1. The van der Waals surface area contributed by atoms with Crippen LogP contribution in [0, 0.1) is 0 Å². The number of pyridine rings is 2. The van der Waals surface area contributed by atoms with Gasteiger partial charge >= 0.3 is 6.03 Å². The van der Waals surface area contributed by atoms with Crippen LogP contribution in [0.25, 0.3) is 22.5 Å². The smallest absolute Gasteiger partial charge is 0.321 e. The molecule has 0 spiro atoms. The van der Waals surface area contributed by atoms with Gasteiger partial charge in [0.1, 0.15) is 0 Å². The van der Waals surface area contributed by atoms with Gasteiger partial charge in [0, 0.05) is 24.5 Å². The zero-order chi connectivity index (χ0) is 19.5. The number of aromatic nitrogens is 4. The fourth-order valence-electron chi connectivity index (χ4n) is 2.94. The Hall–Kier alpha value is -3.46. The van der Waals surface area contributed by atoms with Gasteiger partial charge in [0.15, 0.2) is 5.65 Å². The first kappa shape index (κ1) is 17.9. The lowest BCUT2D eigenvalue weighted by molar-refractivity contribution is 0.136. The van der Waals surface area contributed by atoms with E-state index in [0.717, 1.165) is 35.4 Å². The number of urea groups is 1. The first-order chi connectivity index (χ1) is 13.7. The summed E-state index contributed by atoms with van der Waals surface area (Å²) < 4.78 is 1.70. The molecule has 0 bridgehead atoms. The van der Waals surface area contributed by atoms with Crippen molar-refractivity contribution in [2.45, 2.75) is 19.8 Å². The van der Waals surface area contributed by atoms with Crippen molar-refractivity contribution in [2.24, 2.45) is 0 Å². The van der Waals surface area contributed by atoms with Crippen LogP contribution in [-0.2, 0) is 4.84 Å². The second kappa shape index (κ2) is 7.65. The zero-order valence-electron chi connectivity index (χ0n) is 15.7. The van der Waals surface area contributed by atoms with Gasteiger partial charge in [-0.05, 0) is 49.1 Å². The molecule has 144 valence electrons. The molecule has 3 N–H and O–H groups in total. The number of anilines is 1. The van der Waals surface area contributed by atoms with Crippen molar-refractivity contribution in [1.82, 2.24) is 30.4 Å². The van der Waals surface area contributed by atoms with Gasteiger partial charge in [-0.2, -0.15) is 4.98 Å². The van der Waals surface area contributed by atoms with E-state index in [-0.39, 0.29) is 12.0 Å². The third-order valence-electron chi connectivity index (χ3n) is 4.31. The van der Waals surface area contributed by atoms with Crippen molar-refractivity contribution < 1.29 is 9.63 Å². The molecule has 3 aromatic rings. The number of carbonyl (C=O) groups excluding carboxylic acids is 1. The minimum atomic E-state index is -0.344. The van der Waals surface area contributed by atoms with E-state index in [2.05, 4.69) is 31.2 Å². The number of nitrogens with one attached hydrogen (secondary N) is 3. The minimum absolute atomic E-state index is 0.230. The molecule has 2 amide bonds. The van der Waals surface area contributed by atoms with E-state index >= 15 is 0 Å². The zero-order valence-corrected chi connectivity index (χ0v) is 15.7. The Morgan fingerprint density at radius 2 is 2.14 bits per heavy atom. The van der Waals surface area contributed by atoms with Crippen LogP contribution in [0.2, 0.25) is 0 Å². The summed E-state index contributed by atoms with van der Waals surface area (Å²) in [6.07, 6.45) is 5.54. The molecule has 3 aromatic heterocycles. The molecule has 1 aliphatic carbocycles. The van der Waals surface area contributed by atoms with E-state index in [9.17, 15) is 4.79 Å². The van der Waals surface area contributed by atoms with Crippen LogP contribution in [0.4, 0.5) is 10.7 Å². The number of allylic oxidation sites excluding steroid dienone is 1. The summed E-state index contributed by atoms with van der Waals surface area (Å²) in [6, 6.07) is 7.46. The van der Waals surface area contributed by atoms with Crippen molar-refractivity contribution in [3.63, 3.8) is 0 Å². The molecule has 3 heterocycles. The summed E-state index contributed by atoms with van der Waals surface area (Å²) in [4.78, 5) is 25.7. The van der Waals surface area contributed by atoms with Crippen LogP contribution in [0.3, 0.4) is 0 Å². The number of amides is 2. The fourth-order valence-corrected chi connectivity index (χ4v) is 2.94. The lowest BCUT2D eigenvalue weighted by Gasteiger charge is -2.12. The third kappa shape index (κ3) is 3.65. The van der Waals surface area contributed by atoms with E-state index in [0.29, 0.717) is 12.2 Å². The topological polar surface area (TPSA) is 105 Å². The number of nitrogens with zero attached hydrogens (tertiary/aromatic N) is 4. The summed E-state index contributed by atoms with van der Waals surface area (Å²) in [7, 11) is 1.58. The summed E-state index contributed by atoms with van der Waals surface area (Å²) in [6.45, 7) is 2.36. The van der Waals surface area contributed by atoms with Crippen molar-refractivity contribution in [3.05, 3.63) is 47.9 Å². The molecule has 1 saturated carbocycles. The Labute approximate surface area is 161 Å². The first-order valence-corrected chi connectivity index (χ1v) is 9.07. The third-order valence-corrected chi connectivity index (χ3v) is 4.31. The normalized spacial score (nSPS) is 12.7. The maximum Gasteiger partial charge on any atom is 0.321 e. The predicted molar refractivity (Wildman–Crippen MR) is 105 cm³/mol. The van der Waals surface area contributed by atoms with E-state index in [1.54, 1.807) is 24.0 Å². The Bertz CT molecular complexity index is 1040. The fraction of sp³-hybridized carbons (Fsp3) is 0.263. The van der Waals surface area contributed by atoms with Crippen LogP contribution < -0.4 is 16.1 Å². The van der Waals surface area contributed by atoms with Crippen LogP contribution in [0.15, 0.2) is 42.2 Å². The first-order valence-electron chi connectivity index (χ1n) is 9.07. The summed E-state index contributed by atoms with van der Waals surface area (Å²) >= 11 is 0. The lowest BCUT2D eigenvalue weighted by Crippen LogP contribution is -2.28. The summed E-state index contributed by atoms with van der Waals surface area (Å²) in [5.41, 5.74) is 8.43. The Morgan fingerprint density at radius 3 is 2.82 bits per heavy atom. The number of fused-ring (bicyclic) bond motifs is 1. The highest BCUT2D eigenvalue weighted by molar-refractivity contribution is 5.87. The molecule has 0 atom stereocenters. The van der Waals surface area contributed by atoms with Crippen molar-refractivity contribution in [1.29, 1.82) is 0 Å². The molecule has 9 nitrogen and oxygen atoms in total. The molecular weight excluding hydrogens is 358 g/mol. The molecule has 0 radical (unpaired) electrons. The Morgan fingerprint density at radius 1 is 1.29 bits per heavy atom. The molecular formula is C19H21N7O2. The highest BCUT2D eigenvalue weighted by Gasteiger charge is 2.23. The highest BCUT2D eigenvalue weighted by Crippen LogP contribution is 2.36. The molecule has 0 aliphatic heterocycles. The van der Waals surface area contributed by atoms with E-state index in [1.165, 1.54) is 5.57 Å². The number of carbonyl (C=O) groups is 1. The van der Waals surface area contributed by atoms with Crippen LogP contribution in [0.5, 0.6) is 0 Å². The SMILES string of the molecule is CCNC(=O)Nc1nc2cc(-c3cccnc3)cc(C(NOC)=C3CC3)n2n1. The summed E-state index contributed by atoms with van der Waals surface area (Å²) in [5, 5.41) is 9.80. The predicted octanol–water partition coefficient (Wildman–Crippen LogP) is 2.59. The van der Waals surface area contributed by atoms with Gasteiger partial charge in [0.2, 0.25) is 0 Å². The van der Waals surface area contributed by atoms with Gasteiger partial charge in [-0.3, -0.25) is 20.6 Å². The standard InChI is InChI=1S/C19H21N7O2/c1-3-21-19(27)23-18-22-16-10-14(13-5-4-8-20-11-13)9-15(26(16)24-18)17(25-28-2)12-6-7-12/h4-5,8-11,25H,3,6-7H2,1-2H3,(H2,21,23,24,27). The molecule has 0 saturated heterocycles. The average Bonchev–Trinajstić information content (AvgIpc) is 3.46. The molecule has 1 fully saturated rings. The number of rotatable bonds is 6. The molecule has 4 rings (SSSR count). The van der Waals surface area contributed by atoms with E-state index < -0.39 is 0 Å². The van der Waals surface area contributed by atoms with Gasteiger partial charge in [0.05, 0.1) is 18.5 Å². The second-order valence-electron chi connectivity index (χ2n) is 6.35. The van der Waals surface area contributed by atoms with Gasteiger partial charge in [-0.15, -0.1) is 5.10 Å². The quantitative estimate of drug-likeness (QED) is 0.569. The number of hydrogen-bond acceptors (Lipinski definition) is 6. The second-order valence-corrected chi connectivity index (χ2v) is 6.35. The van der Waals surface area contributed by atoms with Crippen LogP contribution in [-0.4, -0.2) is 39.3 Å². The van der Waals surface area contributed by atoms with Crippen LogP contribution >= 0.6 is 0 Å². The average molecular weight is 379 g/mol. The Kier molecular flexibility index (Phi) is 4.90. The molecule has 28 heavy (non-hydrogen) atoms.